The number of aromatic nitrogens is 4. The lowest BCUT2D eigenvalue weighted by atomic mass is 10.0. The van der Waals surface area contributed by atoms with Gasteiger partial charge in [-0.15, -0.1) is 0 Å². The van der Waals surface area contributed by atoms with Gasteiger partial charge in [0.05, 0.1) is 22.6 Å². The number of nitrogens with zero attached hydrogens (tertiary/aromatic N) is 5. The molecule has 1 aliphatic rings. The van der Waals surface area contributed by atoms with Crippen molar-refractivity contribution in [2.75, 3.05) is 13.1 Å². The Hall–Kier alpha value is -2.89. The van der Waals surface area contributed by atoms with Crippen molar-refractivity contribution in [2.45, 2.75) is 39.7 Å². The van der Waals surface area contributed by atoms with Crippen molar-refractivity contribution in [3.8, 4) is 11.3 Å². The van der Waals surface area contributed by atoms with Crippen molar-refractivity contribution in [3.63, 3.8) is 0 Å². The van der Waals surface area contributed by atoms with Gasteiger partial charge in [0.1, 0.15) is 0 Å². The Bertz CT molecular complexity index is 986. The zero-order chi connectivity index (χ0) is 19.7. The van der Waals surface area contributed by atoms with Crippen molar-refractivity contribution in [3.05, 3.63) is 59.0 Å². The van der Waals surface area contributed by atoms with Gasteiger partial charge in [0.2, 0.25) is 0 Å². The molecule has 0 N–H and O–H groups in total. The highest BCUT2D eigenvalue weighted by Gasteiger charge is 2.26. The zero-order valence-corrected chi connectivity index (χ0v) is 16.9. The van der Waals surface area contributed by atoms with Crippen LogP contribution in [0.4, 0.5) is 0 Å². The highest BCUT2D eigenvalue weighted by molar-refractivity contribution is 5.95. The summed E-state index contributed by atoms with van der Waals surface area (Å²) in [5, 5.41) is 9.25. The molecule has 0 saturated carbocycles. The van der Waals surface area contributed by atoms with Crippen LogP contribution in [-0.4, -0.2) is 43.5 Å². The summed E-state index contributed by atoms with van der Waals surface area (Å²) in [5.41, 5.74) is 6.24. The molecular formula is C22H27N5O. The second-order valence-corrected chi connectivity index (χ2v) is 7.45. The fourth-order valence-electron chi connectivity index (χ4n) is 4.09. The lowest BCUT2D eigenvalue weighted by molar-refractivity contribution is 0.0762. The summed E-state index contributed by atoms with van der Waals surface area (Å²) in [7, 11) is 2.01. The number of amides is 1. The molecule has 0 fully saturated rings. The third-order valence-corrected chi connectivity index (χ3v) is 5.44. The van der Waals surface area contributed by atoms with Gasteiger partial charge in [0.15, 0.2) is 0 Å². The topological polar surface area (TPSA) is 56.0 Å². The Balaban J connectivity index is 1.57. The maximum atomic E-state index is 13.1. The molecule has 0 spiro atoms. The van der Waals surface area contributed by atoms with Crippen LogP contribution in [0.25, 0.3) is 11.3 Å². The Morgan fingerprint density at radius 1 is 1.11 bits per heavy atom. The molecular weight excluding hydrogens is 350 g/mol. The number of aryl methyl sites for hydroxylation is 3. The van der Waals surface area contributed by atoms with E-state index in [0.717, 1.165) is 48.5 Å². The van der Waals surface area contributed by atoms with Gasteiger partial charge < -0.3 is 4.90 Å². The third kappa shape index (κ3) is 3.35. The van der Waals surface area contributed by atoms with Crippen molar-refractivity contribution in [1.82, 2.24) is 24.5 Å². The number of hydrogen-bond donors (Lipinski definition) is 0. The highest BCUT2D eigenvalue weighted by atomic mass is 16.2. The van der Waals surface area contributed by atoms with E-state index in [9.17, 15) is 4.79 Å². The lowest BCUT2D eigenvalue weighted by Crippen LogP contribution is -2.33. The summed E-state index contributed by atoms with van der Waals surface area (Å²) >= 11 is 0. The highest BCUT2D eigenvalue weighted by Crippen LogP contribution is 2.28. The van der Waals surface area contributed by atoms with E-state index in [1.54, 1.807) is 0 Å². The van der Waals surface area contributed by atoms with Gasteiger partial charge in [0, 0.05) is 50.4 Å². The first-order valence-electron chi connectivity index (χ1n) is 10.0. The first-order valence-corrected chi connectivity index (χ1v) is 10.0. The number of carbonyl (C=O) groups is 1. The first kappa shape index (κ1) is 18.5. The Labute approximate surface area is 165 Å². The number of carbonyl (C=O) groups excluding carboxylic acids is 1. The molecule has 28 heavy (non-hydrogen) atoms. The van der Waals surface area contributed by atoms with Gasteiger partial charge >= 0.3 is 0 Å². The summed E-state index contributed by atoms with van der Waals surface area (Å²) in [6, 6.07) is 10.4. The monoisotopic (exact) mass is 377 g/mol. The van der Waals surface area contributed by atoms with Crippen molar-refractivity contribution in [2.24, 2.45) is 7.05 Å². The molecule has 1 amide bonds. The number of rotatable bonds is 4. The standard InChI is InChI=1S/C22H27N5O/c1-4-12-27-15-19(16(2)23-27)22(28)26-13-10-18-20(11-14-26)24-25(3)21(18)17-8-6-5-7-9-17/h5-9,15H,4,10-14H2,1-3H3. The van der Waals surface area contributed by atoms with Crippen LogP contribution >= 0.6 is 0 Å². The first-order chi connectivity index (χ1) is 13.6. The van der Waals surface area contributed by atoms with Crippen LogP contribution in [0.2, 0.25) is 0 Å². The van der Waals surface area contributed by atoms with Gasteiger partial charge in [0.25, 0.3) is 5.91 Å². The predicted molar refractivity (Wildman–Crippen MR) is 109 cm³/mol. The van der Waals surface area contributed by atoms with Crippen LogP contribution in [-0.2, 0) is 26.4 Å². The summed E-state index contributed by atoms with van der Waals surface area (Å²) in [5.74, 6) is 0.0793. The normalized spacial score (nSPS) is 14.0. The Morgan fingerprint density at radius 2 is 1.86 bits per heavy atom. The van der Waals surface area contributed by atoms with Gasteiger partial charge in [-0.2, -0.15) is 10.2 Å². The Kier molecular flexibility index (Phi) is 5.03. The van der Waals surface area contributed by atoms with Crippen LogP contribution in [0, 0.1) is 6.92 Å². The molecule has 6 heteroatoms. The second-order valence-electron chi connectivity index (χ2n) is 7.45. The molecule has 0 saturated heterocycles. The second kappa shape index (κ2) is 7.62. The van der Waals surface area contributed by atoms with Crippen molar-refractivity contribution < 1.29 is 4.79 Å². The number of fused-ring (bicyclic) bond motifs is 1. The predicted octanol–water partition coefficient (Wildman–Crippen LogP) is 3.24. The molecule has 0 unspecified atom stereocenters. The summed E-state index contributed by atoms with van der Waals surface area (Å²) < 4.78 is 3.86. The summed E-state index contributed by atoms with van der Waals surface area (Å²) in [6.07, 6.45) is 4.50. The molecule has 0 bridgehead atoms. The van der Waals surface area contributed by atoms with Crippen LogP contribution in [0.5, 0.6) is 0 Å². The van der Waals surface area contributed by atoms with Gasteiger partial charge in [-0.05, 0) is 19.8 Å². The molecule has 2 aromatic heterocycles. The van der Waals surface area contributed by atoms with E-state index in [-0.39, 0.29) is 5.91 Å². The summed E-state index contributed by atoms with van der Waals surface area (Å²) in [6.45, 7) is 6.26. The third-order valence-electron chi connectivity index (χ3n) is 5.44. The van der Waals surface area contributed by atoms with E-state index in [0.29, 0.717) is 13.1 Å². The van der Waals surface area contributed by atoms with Crippen LogP contribution in [0.15, 0.2) is 36.5 Å². The maximum Gasteiger partial charge on any atom is 0.257 e. The van der Waals surface area contributed by atoms with E-state index in [1.807, 2.05) is 40.5 Å². The zero-order valence-electron chi connectivity index (χ0n) is 16.9. The van der Waals surface area contributed by atoms with Gasteiger partial charge in [-0.1, -0.05) is 37.3 Å². The van der Waals surface area contributed by atoms with E-state index >= 15 is 0 Å². The van der Waals surface area contributed by atoms with Gasteiger partial charge in [-0.25, -0.2) is 0 Å². The SMILES string of the molecule is CCCn1cc(C(=O)N2CCc3nn(C)c(-c4ccccc4)c3CC2)c(C)n1. The van der Waals surface area contributed by atoms with E-state index in [4.69, 9.17) is 5.10 Å². The average Bonchev–Trinajstić information content (AvgIpc) is 3.13. The molecule has 3 aromatic rings. The minimum absolute atomic E-state index is 0.0793. The molecule has 146 valence electrons. The number of benzene rings is 1. The van der Waals surface area contributed by atoms with E-state index in [2.05, 4.69) is 36.3 Å². The van der Waals surface area contributed by atoms with Gasteiger partial charge in [-0.3, -0.25) is 14.2 Å². The van der Waals surface area contributed by atoms with Crippen molar-refractivity contribution in [1.29, 1.82) is 0 Å². The molecule has 0 aliphatic carbocycles. The minimum Gasteiger partial charge on any atom is -0.338 e. The quantitative estimate of drug-likeness (QED) is 0.701. The fraction of sp³-hybridized carbons (Fsp3) is 0.409. The largest absolute Gasteiger partial charge is 0.338 e. The molecule has 1 aromatic carbocycles. The Morgan fingerprint density at radius 3 is 2.61 bits per heavy atom. The fourth-order valence-corrected chi connectivity index (χ4v) is 4.09. The minimum atomic E-state index is 0.0793. The number of hydrogen-bond acceptors (Lipinski definition) is 3. The molecule has 4 rings (SSSR count). The molecule has 1 aliphatic heterocycles. The molecule has 0 radical (unpaired) electrons. The van der Waals surface area contributed by atoms with Crippen LogP contribution < -0.4 is 0 Å². The van der Waals surface area contributed by atoms with Crippen molar-refractivity contribution >= 4 is 5.91 Å². The van der Waals surface area contributed by atoms with E-state index < -0.39 is 0 Å². The smallest absolute Gasteiger partial charge is 0.257 e. The maximum absolute atomic E-state index is 13.1. The average molecular weight is 377 g/mol. The van der Waals surface area contributed by atoms with Crippen LogP contribution in [0.1, 0.15) is 40.7 Å². The molecule has 3 heterocycles. The molecule has 6 nitrogen and oxygen atoms in total. The lowest BCUT2D eigenvalue weighted by Gasteiger charge is -2.20. The molecule has 0 atom stereocenters. The van der Waals surface area contributed by atoms with E-state index in [1.165, 1.54) is 11.1 Å². The van der Waals surface area contributed by atoms with Crippen LogP contribution in [0.3, 0.4) is 0 Å². The summed E-state index contributed by atoms with van der Waals surface area (Å²) in [4.78, 5) is 15.1.